The van der Waals surface area contributed by atoms with Gasteiger partial charge in [0.25, 0.3) is 0 Å². The molecule has 1 aromatic heterocycles. The van der Waals surface area contributed by atoms with Gasteiger partial charge in [-0.1, -0.05) is 42.1 Å². The second-order valence-electron chi connectivity index (χ2n) is 8.24. The molecule has 4 rings (SSSR count). The molecule has 1 atom stereocenters. The highest BCUT2D eigenvalue weighted by atomic mass is 32.2. The minimum absolute atomic E-state index is 0.185. The maximum Gasteiger partial charge on any atom is 0.147 e. The lowest BCUT2D eigenvalue weighted by molar-refractivity contribution is -0.892. The summed E-state index contributed by atoms with van der Waals surface area (Å²) in [4.78, 5) is 9.37. The quantitative estimate of drug-likeness (QED) is 0.428. The molecule has 0 aliphatic carbocycles. The van der Waals surface area contributed by atoms with E-state index in [4.69, 9.17) is 0 Å². The molecule has 0 amide bonds. The van der Waals surface area contributed by atoms with Gasteiger partial charge in [-0.25, -0.2) is 13.4 Å². The van der Waals surface area contributed by atoms with Gasteiger partial charge in [-0.05, 0) is 43.3 Å². The van der Waals surface area contributed by atoms with Crippen molar-refractivity contribution in [3.8, 4) is 0 Å². The molecule has 3 aromatic rings. The number of hydrogen-bond donors (Lipinski definition) is 0. The second-order valence-corrected chi connectivity index (χ2v) is 10.7. The number of fused-ring (bicyclic) bond motifs is 2. The monoisotopic (exact) mass is 457 g/mol. The molecule has 0 radical (unpaired) electrons. The zero-order valence-electron chi connectivity index (χ0n) is 18.1. The van der Waals surface area contributed by atoms with Crippen LogP contribution in [0.5, 0.6) is 0 Å². The second kappa shape index (κ2) is 9.40. The van der Waals surface area contributed by atoms with Crippen LogP contribution in [0.1, 0.15) is 6.92 Å². The predicted octanol–water partition coefficient (Wildman–Crippen LogP) is 4.37. The smallest absolute Gasteiger partial charge is 0.147 e. The van der Waals surface area contributed by atoms with Crippen LogP contribution >= 0.6 is 11.8 Å². The normalized spacial score (nSPS) is 14.0. The van der Waals surface area contributed by atoms with Crippen molar-refractivity contribution in [1.82, 2.24) is 4.98 Å². The Hall–Kier alpha value is -2.39. The summed E-state index contributed by atoms with van der Waals surface area (Å²) in [5.41, 5.74) is 1.27. The number of rotatable bonds is 4. The minimum Gasteiger partial charge on any atom is -0.744 e. The van der Waals surface area contributed by atoms with E-state index < -0.39 is 10.1 Å². The molecule has 0 N–H and O–H groups in total. The molecule has 0 spiro atoms. The van der Waals surface area contributed by atoms with E-state index in [2.05, 4.69) is 68.3 Å². The Morgan fingerprint density at radius 2 is 1.58 bits per heavy atom. The van der Waals surface area contributed by atoms with Gasteiger partial charge in [0.15, 0.2) is 0 Å². The molecule has 6 nitrogen and oxygen atoms in total. The lowest BCUT2D eigenvalue weighted by Crippen LogP contribution is -2.49. The van der Waals surface area contributed by atoms with Gasteiger partial charge in [-0.2, -0.15) is 0 Å². The van der Waals surface area contributed by atoms with Crippen molar-refractivity contribution in [2.24, 2.45) is 0 Å². The molecule has 2 heterocycles. The Bertz CT molecular complexity index is 1080. The summed E-state index contributed by atoms with van der Waals surface area (Å²) in [6, 6.07) is 20.5. The first kappa shape index (κ1) is 23.3. The Kier molecular flexibility index (Phi) is 7.06. The molecule has 164 valence electrons. The summed E-state index contributed by atoms with van der Waals surface area (Å²) in [6.45, 7) is 3.26. The third kappa shape index (κ3) is 5.86. The van der Waals surface area contributed by atoms with Gasteiger partial charge in [0.1, 0.15) is 22.0 Å². The third-order valence-corrected chi connectivity index (χ3v) is 7.14. The SMILES string of the molecule is CC(CN1c2ccccc2Sc2cccnc21)[N+](C)(C)C.O=S(=O)([O-])c1ccccc1. The molecule has 1 aliphatic heterocycles. The van der Waals surface area contributed by atoms with Crippen LogP contribution in [0.25, 0.3) is 0 Å². The Balaban J connectivity index is 0.000000229. The zero-order chi connectivity index (χ0) is 22.6. The standard InChI is InChI=1S/C17H22N3S.C6H6O3S/c1-13(20(2,3)4)12-19-14-8-5-6-9-15(14)21-16-10-7-11-18-17(16)19;7-10(8,9)6-4-2-1-3-5-6/h5-11,13H,12H2,1-4H3;1-5H,(H,7,8,9)/q+1;/p-1. The maximum atomic E-state index is 10.3. The molecular weight excluding hydrogens is 430 g/mol. The summed E-state index contributed by atoms with van der Waals surface area (Å²) in [5.74, 6) is 1.08. The number of nitrogens with zero attached hydrogens (tertiary/aromatic N) is 3. The molecule has 0 fully saturated rings. The van der Waals surface area contributed by atoms with Crippen molar-refractivity contribution >= 4 is 33.4 Å². The van der Waals surface area contributed by atoms with Crippen LogP contribution in [-0.2, 0) is 10.1 Å². The van der Waals surface area contributed by atoms with Crippen LogP contribution < -0.4 is 4.90 Å². The third-order valence-electron chi connectivity index (χ3n) is 5.18. The molecule has 0 saturated carbocycles. The Labute approximate surface area is 188 Å². The number of para-hydroxylation sites is 1. The topological polar surface area (TPSA) is 73.3 Å². The summed E-state index contributed by atoms with van der Waals surface area (Å²) >= 11 is 1.81. The molecule has 8 heteroatoms. The van der Waals surface area contributed by atoms with Gasteiger partial charge in [0.05, 0.1) is 43.2 Å². The summed E-state index contributed by atoms with van der Waals surface area (Å²) < 4.78 is 31.8. The molecule has 1 aliphatic rings. The molecule has 31 heavy (non-hydrogen) atoms. The van der Waals surface area contributed by atoms with Gasteiger partial charge in [0, 0.05) is 11.1 Å². The fourth-order valence-corrected chi connectivity index (χ4v) is 4.50. The molecule has 1 unspecified atom stereocenters. The van der Waals surface area contributed by atoms with E-state index in [0.717, 1.165) is 16.8 Å². The van der Waals surface area contributed by atoms with Crippen LogP contribution in [0.2, 0.25) is 0 Å². The summed E-state index contributed by atoms with van der Waals surface area (Å²) in [6.07, 6.45) is 1.89. The van der Waals surface area contributed by atoms with Crippen LogP contribution in [0.15, 0.2) is 87.6 Å². The molecule has 0 bridgehead atoms. The fourth-order valence-electron chi connectivity index (χ4n) is 2.94. The average molecular weight is 458 g/mol. The van der Waals surface area contributed by atoms with E-state index >= 15 is 0 Å². The largest absolute Gasteiger partial charge is 0.744 e. The van der Waals surface area contributed by atoms with E-state index in [1.54, 1.807) is 6.07 Å². The Morgan fingerprint density at radius 3 is 2.19 bits per heavy atom. The van der Waals surface area contributed by atoms with Gasteiger partial charge in [-0.3, -0.25) is 0 Å². The van der Waals surface area contributed by atoms with Crippen LogP contribution in [0, 0.1) is 0 Å². The maximum absolute atomic E-state index is 10.3. The lowest BCUT2D eigenvalue weighted by atomic mass is 10.2. The van der Waals surface area contributed by atoms with Crippen molar-refractivity contribution in [1.29, 1.82) is 0 Å². The minimum atomic E-state index is -4.25. The average Bonchev–Trinajstić information content (AvgIpc) is 2.73. The molecular formula is C23H27N3O3S2. The zero-order valence-corrected chi connectivity index (χ0v) is 19.7. The number of hydrogen-bond acceptors (Lipinski definition) is 6. The van der Waals surface area contributed by atoms with E-state index in [-0.39, 0.29) is 4.90 Å². The fraction of sp³-hybridized carbons (Fsp3) is 0.261. The number of anilines is 2. The van der Waals surface area contributed by atoms with Crippen molar-refractivity contribution in [3.63, 3.8) is 0 Å². The first-order valence-corrected chi connectivity index (χ1v) is 12.1. The van der Waals surface area contributed by atoms with Crippen molar-refractivity contribution < 1.29 is 17.5 Å². The number of likely N-dealkylation sites (N-methyl/N-ethyl adjacent to an activating group) is 1. The first-order chi connectivity index (χ1) is 14.6. The predicted molar refractivity (Wildman–Crippen MR) is 124 cm³/mol. The Morgan fingerprint density at radius 1 is 0.968 bits per heavy atom. The number of quaternary nitrogens is 1. The highest BCUT2D eigenvalue weighted by molar-refractivity contribution is 7.99. The van der Waals surface area contributed by atoms with E-state index in [0.29, 0.717) is 6.04 Å². The number of aromatic nitrogens is 1. The molecule has 2 aromatic carbocycles. The van der Waals surface area contributed by atoms with Crippen molar-refractivity contribution in [2.75, 3.05) is 32.6 Å². The van der Waals surface area contributed by atoms with E-state index in [1.807, 2.05) is 24.0 Å². The summed E-state index contributed by atoms with van der Waals surface area (Å²) in [7, 11) is 2.48. The van der Waals surface area contributed by atoms with Gasteiger partial charge in [0.2, 0.25) is 0 Å². The van der Waals surface area contributed by atoms with Gasteiger partial charge in [-0.15, -0.1) is 0 Å². The lowest BCUT2D eigenvalue weighted by Gasteiger charge is -2.38. The number of pyridine rings is 1. The van der Waals surface area contributed by atoms with Crippen molar-refractivity contribution in [3.05, 3.63) is 72.9 Å². The highest BCUT2D eigenvalue weighted by Gasteiger charge is 2.29. The van der Waals surface area contributed by atoms with Crippen LogP contribution in [0.3, 0.4) is 0 Å². The highest BCUT2D eigenvalue weighted by Crippen LogP contribution is 2.46. The molecule has 0 saturated heterocycles. The number of benzene rings is 2. The van der Waals surface area contributed by atoms with Crippen molar-refractivity contribution in [2.45, 2.75) is 27.7 Å². The van der Waals surface area contributed by atoms with Crippen LogP contribution in [-0.4, -0.2) is 56.2 Å². The van der Waals surface area contributed by atoms with Gasteiger partial charge >= 0.3 is 0 Å². The van der Waals surface area contributed by atoms with Crippen LogP contribution in [0.4, 0.5) is 11.5 Å². The van der Waals surface area contributed by atoms with E-state index in [1.165, 1.54) is 39.7 Å². The summed E-state index contributed by atoms with van der Waals surface area (Å²) in [5, 5.41) is 0. The van der Waals surface area contributed by atoms with E-state index in [9.17, 15) is 13.0 Å². The first-order valence-electron chi connectivity index (χ1n) is 9.89. The van der Waals surface area contributed by atoms with Gasteiger partial charge < -0.3 is 13.9 Å².